The van der Waals surface area contributed by atoms with Crippen LogP contribution < -0.4 is 10.6 Å². The fourth-order valence-electron chi connectivity index (χ4n) is 2.59. The summed E-state index contributed by atoms with van der Waals surface area (Å²) in [6.07, 6.45) is 4.51. The highest BCUT2D eigenvalue weighted by Crippen LogP contribution is 2.51. The molecule has 1 saturated carbocycles. The minimum absolute atomic E-state index is 0.0602. The molecule has 2 atom stereocenters. The van der Waals surface area contributed by atoms with Crippen molar-refractivity contribution in [2.45, 2.75) is 58.9 Å². The lowest BCUT2D eigenvalue weighted by Gasteiger charge is -2.13. The molecule has 4 N–H and O–H groups in total. The summed E-state index contributed by atoms with van der Waals surface area (Å²) in [5.41, 5.74) is -0.149. The van der Waals surface area contributed by atoms with Crippen molar-refractivity contribution in [1.82, 2.24) is 10.6 Å². The first kappa shape index (κ1) is 24.0. The van der Waals surface area contributed by atoms with Gasteiger partial charge >= 0.3 is 11.9 Å². The molecule has 2 unspecified atom stereocenters. The molecule has 1 aliphatic rings. The standard InChI is InChI=1S/C19H30N2O6S/c1-4-15(22)20-14(18(26)27)11-28-9-7-5-6-8-13(17(24)25)21-16(23)12-10-19(12,2)3/h8,12,14H,4-7,9-11H2,1-3H3,(H,20,22)(H,21,23)(H,24,25)(H,26,27)/b13-8-. The minimum Gasteiger partial charge on any atom is -0.480 e. The molecule has 1 fully saturated rings. The molecule has 0 spiro atoms. The van der Waals surface area contributed by atoms with E-state index in [1.807, 2.05) is 13.8 Å². The van der Waals surface area contributed by atoms with Gasteiger partial charge in [0.2, 0.25) is 11.8 Å². The normalized spacial score (nSPS) is 18.8. The number of rotatable bonds is 13. The molecule has 158 valence electrons. The number of carbonyl (C=O) groups excluding carboxylic acids is 2. The highest BCUT2D eigenvalue weighted by atomic mass is 32.2. The second kappa shape index (κ2) is 11.1. The smallest absolute Gasteiger partial charge is 0.352 e. The van der Waals surface area contributed by atoms with Crippen molar-refractivity contribution in [3.05, 3.63) is 11.8 Å². The number of carbonyl (C=O) groups is 4. The minimum atomic E-state index is -1.16. The van der Waals surface area contributed by atoms with Gasteiger partial charge < -0.3 is 20.8 Å². The van der Waals surface area contributed by atoms with E-state index < -0.39 is 18.0 Å². The van der Waals surface area contributed by atoms with Crippen molar-refractivity contribution < 1.29 is 29.4 Å². The first-order valence-corrected chi connectivity index (χ1v) is 10.6. The number of nitrogens with one attached hydrogen (secondary N) is 2. The fraction of sp³-hybridized carbons (Fsp3) is 0.684. The van der Waals surface area contributed by atoms with Crippen molar-refractivity contribution >= 4 is 35.5 Å². The second-order valence-corrected chi connectivity index (χ2v) is 8.69. The van der Waals surface area contributed by atoms with Crippen molar-refractivity contribution in [2.75, 3.05) is 11.5 Å². The maximum Gasteiger partial charge on any atom is 0.352 e. The summed E-state index contributed by atoms with van der Waals surface area (Å²) in [4.78, 5) is 45.7. The van der Waals surface area contributed by atoms with Gasteiger partial charge in [-0.05, 0) is 36.9 Å². The van der Waals surface area contributed by atoms with E-state index in [-0.39, 0.29) is 41.0 Å². The van der Waals surface area contributed by atoms with Crippen LogP contribution in [0.25, 0.3) is 0 Å². The molecule has 0 aromatic heterocycles. The maximum absolute atomic E-state index is 12.0. The van der Waals surface area contributed by atoms with Crippen LogP contribution in [0.15, 0.2) is 11.8 Å². The van der Waals surface area contributed by atoms with Gasteiger partial charge in [-0.25, -0.2) is 9.59 Å². The highest BCUT2D eigenvalue weighted by molar-refractivity contribution is 7.99. The van der Waals surface area contributed by atoms with Crippen LogP contribution in [0.3, 0.4) is 0 Å². The summed E-state index contributed by atoms with van der Waals surface area (Å²) < 4.78 is 0. The quantitative estimate of drug-likeness (QED) is 0.268. The Morgan fingerprint density at radius 1 is 1.21 bits per heavy atom. The predicted octanol–water partition coefficient (Wildman–Crippen LogP) is 2.00. The van der Waals surface area contributed by atoms with Crippen LogP contribution in [0.5, 0.6) is 0 Å². The van der Waals surface area contributed by atoms with Crippen molar-refractivity contribution in [1.29, 1.82) is 0 Å². The molecular weight excluding hydrogens is 384 g/mol. The van der Waals surface area contributed by atoms with Gasteiger partial charge in [0.25, 0.3) is 0 Å². The zero-order valence-corrected chi connectivity index (χ0v) is 17.4. The molecule has 9 heteroatoms. The number of amides is 2. The molecule has 0 aromatic carbocycles. The summed E-state index contributed by atoms with van der Waals surface area (Å²) in [7, 11) is 0. The fourth-order valence-corrected chi connectivity index (χ4v) is 3.63. The van der Waals surface area contributed by atoms with Crippen molar-refractivity contribution in [3.63, 3.8) is 0 Å². The number of unbranched alkanes of at least 4 members (excludes halogenated alkanes) is 2. The third-order valence-electron chi connectivity index (χ3n) is 4.65. The van der Waals surface area contributed by atoms with Gasteiger partial charge in [-0.2, -0.15) is 11.8 Å². The molecule has 0 radical (unpaired) electrons. The second-order valence-electron chi connectivity index (χ2n) is 7.54. The van der Waals surface area contributed by atoms with Crippen LogP contribution in [-0.4, -0.2) is 51.5 Å². The van der Waals surface area contributed by atoms with Crippen LogP contribution >= 0.6 is 11.8 Å². The monoisotopic (exact) mass is 414 g/mol. The summed E-state index contributed by atoms with van der Waals surface area (Å²) in [5.74, 6) is -1.91. The van der Waals surface area contributed by atoms with Gasteiger partial charge in [0, 0.05) is 18.1 Å². The molecule has 0 saturated heterocycles. The summed E-state index contributed by atoms with van der Waals surface area (Å²) in [6, 6.07) is -0.905. The predicted molar refractivity (Wildman–Crippen MR) is 107 cm³/mol. The molecule has 28 heavy (non-hydrogen) atoms. The molecule has 0 aromatic rings. The molecule has 1 aliphatic carbocycles. The van der Waals surface area contributed by atoms with Crippen molar-refractivity contribution in [3.8, 4) is 0 Å². The Balaban J connectivity index is 2.29. The SMILES string of the molecule is CCC(=O)NC(CSCCCC/C=C(\NC(=O)C1CC1(C)C)C(=O)O)C(=O)O. The average Bonchev–Trinajstić information content (AvgIpc) is 3.26. The number of hydrogen-bond donors (Lipinski definition) is 4. The Hall–Kier alpha value is -2.03. The van der Waals surface area contributed by atoms with Crippen molar-refractivity contribution in [2.24, 2.45) is 11.3 Å². The van der Waals surface area contributed by atoms with E-state index in [1.165, 1.54) is 17.8 Å². The molecule has 1 rings (SSSR count). The van der Waals surface area contributed by atoms with Gasteiger partial charge in [-0.1, -0.05) is 26.8 Å². The first-order valence-electron chi connectivity index (χ1n) is 9.42. The lowest BCUT2D eigenvalue weighted by atomic mass is 10.1. The number of carboxylic acids is 2. The van der Waals surface area contributed by atoms with Gasteiger partial charge in [-0.3, -0.25) is 9.59 Å². The zero-order chi connectivity index (χ0) is 21.3. The van der Waals surface area contributed by atoms with Gasteiger partial charge in [0.05, 0.1) is 0 Å². The van der Waals surface area contributed by atoms with E-state index >= 15 is 0 Å². The van der Waals surface area contributed by atoms with Gasteiger partial charge in [-0.15, -0.1) is 0 Å². The van der Waals surface area contributed by atoms with Crippen LogP contribution in [0.4, 0.5) is 0 Å². The van der Waals surface area contributed by atoms with E-state index in [1.54, 1.807) is 6.92 Å². The Morgan fingerprint density at radius 3 is 2.36 bits per heavy atom. The molecule has 2 amide bonds. The molecule has 0 heterocycles. The summed E-state index contributed by atoms with van der Waals surface area (Å²) in [6.45, 7) is 5.61. The van der Waals surface area contributed by atoms with E-state index in [0.29, 0.717) is 18.6 Å². The molecule has 0 bridgehead atoms. The molecule has 0 aliphatic heterocycles. The third kappa shape index (κ3) is 8.33. The highest BCUT2D eigenvalue weighted by Gasteiger charge is 2.50. The van der Waals surface area contributed by atoms with Gasteiger partial charge in [0.1, 0.15) is 11.7 Å². The number of thioether (sulfide) groups is 1. The lowest BCUT2D eigenvalue weighted by molar-refractivity contribution is -0.141. The average molecular weight is 415 g/mol. The summed E-state index contributed by atoms with van der Waals surface area (Å²) in [5, 5.41) is 23.3. The Kier molecular flexibility index (Phi) is 9.51. The largest absolute Gasteiger partial charge is 0.480 e. The maximum atomic E-state index is 12.0. The van der Waals surface area contributed by atoms with E-state index in [4.69, 9.17) is 5.11 Å². The van der Waals surface area contributed by atoms with Crippen LogP contribution in [-0.2, 0) is 19.2 Å². The topological polar surface area (TPSA) is 133 Å². The third-order valence-corrected chi connectivity index (χ3v) is 5.79. The van der Waals surface area contributed by atoms with Gasteiger partial charge in [0.15, 0.2) is 0 Å². The Labute approximate surface area is 169 Å². The number of aliphatic carboxylic acids is 2. The Morgan fingerprint density at radius 2 is 1.86 bits per heavy atom. The first-order chi connectivity index (χ1) is 13.1. The molecular formula is C19H30N2O6S. The van der Waals surface area contributed by atoms with E-state index in [0.717, 1.165) is 12.8 Å². The lowest BCUT2D eigenvalue weighted by Crippen LogP contribution is -2.42. The number of hydrogen-bond acceptors (Lipinski definition) is 5. The Bertz CT molecular complexity index is 632. The van der Waals surface area contributed by atoms with E-state index in [9.17, 15) is 24.3 Å². The zero-order valence-electron chi connectivity index (χ0n) is 16.6. The van der Waals surface area contributed by atoms with Crippen LogP contribution in [0.1, 0.15) is 52.9 Å². The van der Waals surface area contributed by atoms with Crippen LogP contribution in [0, 0.1) is 11.3 Å². The van der Waals surface area contributed by atoms with Crippen LogP contribution in [0.2, 0.25) is 0 Å². The molecule has 8 nitrogen and oxygen atoms in total. The summed E-state index contributed by atoms with van der Waals surface area (Å²) >= 11 is 1.43. The number of carboxylic acid groups (broad SMARTS) is 2. The number of allylic oxidation sites excluding steroid dienone is 1. The van der Waals surface area contributed by atoms with E-state index in [2.05, 4.69) is 10.6 Å².